The minimum Gasteiger partial charge on any atom is -0.398 e. The number of benzene rings is 2. The molecule has 20 heavy (non-hydrogen) atoms. The van der Waals surface area contributed by atoms with Gasteiger partial charge in [0, 0.05) is 5.69 Å². The van der Waals surface area contributed by atoms with Gasteiger partial charge in [-0.15, -0.1) is 0 Å². The third-order valence-electron chi connectivity index (χ3n) is 2.89. The number of anilines is 2. The van der Waals surface area contributed by atoms with Crippen molar-refractivity contribution in [3.63, 3.8) is 0 Å². The average molecular weight is 331 g/mol. The minimum absolute atomic E-state index is 0.275. The fraction of sp³-hybridized carbons (Fsp3) is 0. The highest BCUT2D eigenvalue weighted by Gasteiger charge is 2.13. The number of carbonyl (C=O) groups excluding carboxylic acids is 1. The molecule has 0 bridgehead atoms. The number of H-pyrrole nitrogens is 1. The maximum absolute atomic E-state index is 12.2. The first-order valence-corrected chi connectivity index (χ1v) is 6.74. The normalized spacial score (nSPS) is 10.7. The van der Waals surface area contributed by atoms with Gasteiger partial charge in [-0.3, -0.25) is 10.1 Å². The molecule has 0 unspecified atom stereocenters. The summed E-state index contributed by atoms with van der Waals surface area (Å²) in [7, 11) is 0. The number of nitrogens with one attached hydrogen (secondary N) is 2. The zero-order chi connectivity index (χ0) is 14.1. The Morgan fingerprint density at radius 3 is 2.80 bits per heavy atom. The Hall–Kier alpha value is -2.34. The van der Waals surface area contributed by atoms with Crippen LogP contribution in [0.2, 0.25) is 0 Å². The van der Waals surface area contributed by atoms with Crippen LogP contribution in [0.4, 0.5) is 11.6 Å². The molecule has 3 rings (SSSR count). The maximum atomic E-state index is 12.2. The first kappa shape index (κ1) is 12.7. The molecule has 0 radical (unpaired) electrons. The van der Waals surface area contributed by atoms with E-state index in [1.54, 1.807) is 18.2 Å². The third-order valence-corrected chi connectivity index (χ3v) is 3.78. The number of hydrogen-bond acceptors (Lipinski definition) is 3. The second-order valence-corrected chi connectivity index (χ2v) is 5.06. The van der Waals surface area contributed by atoms with Gasteiger partial charge in [-0.05, 0) is 40.2 Å². The number of imidazole rings is 1. The van der Waals surface area contributed by atoms with Gasteiger partial charge in [-0.2, -0.15) is 0 Å². The molecule has 5 nitrogen and oxygen atoms in total. The van der Waals surface area contributed by atoms with Crippen LogP contribution in [-0.4, -0.2) is 15.9 Å². The van der Waals surface area contributed by atoms with Crippen molar-refractivity contribution in [3.8, 4) is 0 Å². The van der Waals surface area contributed by atoms with Gasteiger partial charge in [0.2, 0.25) is 5.95 Å². The summed E-state index contributed by atoms with van der Waals surface area (Å²) >= 11 is 3.31. The smallest absolute Gasteiger partial charge is 0.259 e. The van der Waals surface area contributed by atoms with Crippen LogP contribution < -0.4 is 11.1 Å². The number of aromatic amines is 1. The first-order valence-electron chi connectivity index (χ1n) is 5.95. The van der Waals surface area contributed by atoms with Crippen LogP contribution in [0, 0.1) is 0 Å². The second kappa shape index (κ2) is 4.97. The highest BCUT2D eigenvalue weighted by atomic mass is 79.9. The van der Waals surface area contributed by atoms with Crippen molar-refractivity contribution in [1.29, 1.82) is 0 Å². The summed E-state index contributed by atoms with van der Waals surface area (Å²) in [5, 5.41) is 2.72. The summed E-state index contributed by atoms with van der Waals surface area (Å²) in [6.45, 7) is 0. The van der Waals surface area contributed by atoms with Crippen LogP contribution in [0.15, 0.2) is 46.9 Å². The van der Waals surface area contributed by atoms with Crippen molar-refractivity contribution in [2.45, 2.75) is 0 Å². The molecule has 4 N–H and O–H groups in total. The zero-order valence-electron chi connectivity index (χ0n) is 10.4. The molecule has 0 spiro atoms. The molecule has 1 heterocycles. The molecule has 0 atom stereocenters. The molecule has 0 aliphatic rings. The number of carbonyl (C=O) groups is 1. The predicted octanol–water partition coefficient (Wildman–Crippen LogP) is 3.16. The van der Waals surface area contributed by atoms with Crippen LogP contribution in [0.5, 0.6) is 0 Å². The van der Waals surface area contributed by atoms with Gasteiger partial charge in [-0.1, -0.05) is 18.2 Å². The Morgan fingerprint density at radius 2 is 2.00 bits per heavy atom. The topological polar surface area (TPSA) is 83.8 Å². The molecule has 1 aromatic heterocycles. The lowest BCUT2D eigenvalue weighted by Crippen LogP contribution is -2.14. The number of para-hydroxylation sites is 2. The van der Waals surface area contributed by atoms with Crippen molar-refractivity contribution in [2.24, 2.45) is 0 Å². The Bertz CT molecular complexity index is 764. The van der Waals surface area contributed by atoms with Gasteiger partial charge >= 0.3 is 0 Å². The molecule has 100 valence electrons. The van der Waals surface area contributed by atoms with Crippen molar-refractivity contribution in [2.75, 3.05) is 11.1 Å². The molecule has 2 aromatic carbocycles. The fourth-order valence-electron chi connectivity index (χ4n) is 1.91. The summed E-state index contributed by atoms with van der Waals surface area (Å²) in [5.41, 5.74) is 8.41. The number of rotatable bonds is 2. The molecule has 1 amide bonds. The van der Waals surface area contributed by atoms with Crippen LogP contribution in [0.25, 0.3) is 11.0 Å². The van der Waals surface area contributed by atoms with Crippen LogP contribution >= 0.6 is 15.9 Å². The summed E-state index contributed by atoms with van der Waals surface area (Å²) in [6, 6.07) is 12.7. The number of hydrogen-bond donors (Lipinski definition) is 3. The highest BCUT2D eigenvalue weighted by Crippen LogP contribution is 2.24. The van der Waals surface area contributed by atoms with Gasteiger partial charge in [0.15, 0.2) is 0 Å². The van der Waals surface area contributed by atoms with Gasteiger partial charge in [0.25, 0.3) is 5.91 Å². The van der Waals surface area contributed by atoms with Gasteiger partial charge < -0.3 is 10.7 Å². The number of fused-ring (bicyclic) bond motifs is 1. The van der Waals surface area contributed by atoms with Crippen LogP contribution in [-0.2, 0) is 0 Å². The van der Waals surface area contributed by atoms with Crippen LogP contribution in [0.1, 0.15) is 10.4 Å². The lowest BCUT2D eigenvalue weighted by atomic mass is 10.2. The van der Waals surface area contributed by atoms with E-state index in [1.807, 2.05) is 24.3 Å². The van der Waals surface area contributed by atoms with E-state index < -0.39 is 0 Å². The Balaban J connectivity index is 1.90. The summed E-state index contributed by atoms with van der Waals surface area (Å²) in [4.78, 5) is 19.5. The van der Waals surface area contributed by atoms with E-state index in [0.29, 0.717) is 21.7 Å². The molecule has 0 saturated carbocycles. The number of amides is 1. The molecular weight excluding hydrogens is 320 g/mol. The second-order valence-electron chi connectivity index (χ2n) is 4.27. The molecule has 3 aromatic rings. The van der Waals surface area contributed by atoms with Crippen molar-refractivity contribution >= 4 is 44.5 Å². The van der Waals surface area contributed by atoms with Gasteiger partial charge in [0.1, 0.15) is 0 Å². The van der Waals surface area contributed by atoms with E-state index in [1.165, 1.54) is 0 Å². The number of aromatic nitrogens is 2. The SMILES string of the molecule is Nc1cccc(C(=O)Nc2nc3ccccc3[nH]2)c1Br. The molecule has 0 saturated heterocycles. The zero-order valence-corrected chi connectivity index (χ0v) is 11.9. The minimum atomic E-state index is -0.275. The van der Waals surface area contributed by atoms with Gasteiger partial charge in [-0.25, -0.2) is 4.98 Å². The van der Waals surface area contributed by atoms with Crippen molar-refractivity contribution in [1.82, 2.24) is 9.97 Å². The summed E-state index contributed by atoms with van der Waals surface area (Å²) in [6.07, 6.45) is 0. The number of nitrogens with two attached hydrogens (primary N) is 1. The third kappa shape index (κ3) is 2.25. The quantitative estimate of drug-likeness (QED) is 0.631. The molecule has 6 heteroatoms. The van der Waals surface area contributed by atoms with Crippen molar-refractivity contribution < 1.29 is 4.79 Å². The van der Waals surface area contributed by atoms with Crippen LogP contribution in [0.3, 0.4) is 0 Å². The lowest BCUT2D eigenvalue weighted by Gasteiger charge is -2.06. The van der Waals surface area contributed by atoms with E-state index in [0.717, 1.165) is 11.0 Å². The maximum Gasteiger partial charge on any atom is 0.259 e. The molecule has 0 fully saturated rings. The molecule has 0 aliphatic heterocycles. The fourth-order valence-corrected chi connectivity index (χ4v) is 2.36. The van der Waals surface area contributed by atoms with E-state index >= 15 is 0 Å². The highest BCUT2D eigenvalue weighted by molar-refractivity contribution is 9.10. The summed E-state index contributed by atoms with van der Waals surface area (Å²) in [5.74, 6) is 0.133. The largest absolute Gasteiger partial charge is 0.398 e. The number of nitrogens with zero attached hydrogens (tertiary/aromatic N) is 1. The number of nitrogen functional groups attached to an aromatic ring is 1. The van der Waals surface area contributed by atoms with Crippen molar-refractivity contribution in [3.05, 3.63) is 52.5 Å². The Labute approximate surface area is 123 Å². The Kier molecular flexibility index (Phi) is 3.15. The van der Waals surface area contributed by atoms with Gasteiger partial charge in [0.05, 0.1) is 21.1 Å². The van der Waals surface area contributed by atoms with E-state index in [-0.39, 0.29) is 5.91 Å². The van der Waals surface area contributed by atoms with E-state index in [4.69, 9.17) is 5.73 Å². The summed E-state index contributed by atoms with van der Waals surface area (Å²) < 4.78 is 0.577. The standard InChI is InChI=1S/C14H11BrN4O/c15-12-8(4-3-5-9(12)16)13(20)19-14-17-10-6-1-2-7-11(10)18-14/h1-7H,16H2,(H2,17,18,19,20). The molecular formula is C14H11BrN4O. The average Bonchev–Trinajstić information content (AvgIpc) is 2.83. The lowest BCUT2D eigenvalue weighted by molar-refractivity contribution is 0.102. The monoisotopic (exact) mass is 330 g/mol. The Morgan fingerprint density at radius 1 is 1.20 bits per heavy atom. The number of halogens is 1. The first-order chi connectivity index (χ1) is 9.65. The predicted molar refractivity (Wildman–Crippen MR) is 82.6 cm³/mol. The molecule has 0 aliphatic carbocycles. The van der Waals surface area contributed by atoms with E-state index in [2.05, 4.69) is 31.2 Å². The van der Waals surface area contributed by atoms with E-state index in [9.17, 15) is 4.79 Å².